The van der Waals surface area contributed by atoms with Crippen LogP contribution in [-0.2, 0) is 0 Å². The van der Waals surface area contributed by atoms with Gasteiger partial charge >= 0.3 is 0 Å². The summed E-state index contributed by atoms with van der Waals surface area (Å²) in [4.78, 5) is 0. The molecule has 0 spiro atoms. The molecule has 0 saturated carbocycles. The lowest BCUT2D eigenvalue weighted by Crippen LogP contribution is -2.47. The first-order chi connectivity index (χ1) is 8.29. The van der Waals surface area contributed by atoms with Gasteiger partial charge in [-0.3, -0.25) is 11.3 Å². The van der Waals surface area contributed by atoms with Gasteiger partial charge in [-0.25, -0.2) is 0 Å². The minimum atomic E-state index is 0.504. The Kier molecular flexibility index (Phi) is 8.79. The quantitative estimate of drug-likeness (QED) is 0.405. The van der Waals surface area contributed by atoms with E-state index in [9.17, 15) is 0 Å². The third kappa shape index (κ3) is 5.86. The van der Waals surface area contributed by atoms with Crippen LogP contribution in [0.4, 0.5) is 0 Å². The highest BCUT2D eigenvalue weighted by Crippen LogP contribution is 2.34. The van der Waals surface area contributed by atoms with Crippen molar-refractivity contribution < 1.29 is 0 Å². The van der Waals surface area contributed by atoms with Crippen LogP contribution in [-0.4, -0.2) is 28.0 Å². The van der Waals surface area contributed by atoms with E-state index in [1.807, 2.05) is 0 Å². The number of unbranched alkanes of at least 4 members (excludes halogenated alkanes) is 4. The topological polar surface area (TPSA) is 38.0 Å². The van der Waals surface area contributed by atoms with Crippen LogP contribution >= 0.6 is 23.5 Å². The Labute approximate surface area is 115 Å². The molecule has 0 aliphatic carbocycles. The van der Waals surface area contributed by atoms with Crippen LogP contribution in [0.15, 0.2) is 0 Å². The van der Waals surface area contributed by atoms with Gasteiger partial charge in [-0.1, -0.05) is 46.0 Å². The van der Waals surface area contributed by atoms with Crippen molar-refractivity contribution in [1.29, 1.82) is 0 Å². The number of hydrogen-bond acceptors (Lipinski definition) is 4. The summed E-state index contributed by atoms with van der Waals surface area (Å²) in [6.07, 6.45) is 8.02. The molecule has 1 rings (SSSR count). The third-order valence-corrected chi connectivity index (χ3v) is 6.72. The van der Waals surface area contributed by atoms with E-state index in [2.05, 4.69) is 42.8 Å². The summed E-state index contributed by atoms with van der Waals surface area (Å²) < 4.78 is 0. The molecular weight excluding hydrogens is 248 g/mol. The Bertz CT molecular complexity index is 190. The molecule has 4 heteroatoms. The van der Waals surface area contributed by atoms with E-state index in [0.29, 0.717) is 11.3 Å². The molecular formula is C13H28N2S2. The summed E-state index contributed by atoms with van der Waals surface area (Å²) in [5.41, 5.74) is 3.06. The molecule has 3 unspecified atom stereocenters. The van der Waals surface area contributed by atoms with Crippen molar-refractivity contribution in [1.82, 2.24) is 5.43 Å². The summed E-state index contributed by atoms with van der Waals surface area (Å²) in [5, 5.41) is 1.44. The smallest absolute Gasteiger partial charge is 0.0340 e. The standard InChI is InChI=1S/C13H28N2S2/c1-3-4-5-6-7-8-12(15-14)13-11(2)16-9-10-17-13/h11-13,15H,3-10,14H2,1-2H3. The largest absolute Gasteiger partial charge is 0.271 e. The molecule has 102 valence electrons. The Balaban J connectivity index is 2.21. The molecule has 0 bridgehead atoms. The van der Waals surface area contributed by atoms with E-state index in [4.69, 9.17) is 5.84 Å². The highest BCUT2D eigenvalue weighted by molar-refractivity contribution is 8.07. The van der Waals surface area contributed by atoms with Gasteiger partial charge in [-0.05, 0) is 6.42 Å². The van der Waals surface area contributed by atoms with Gasteiger partial charge in [-0.2, -0.15) is 23.5 Å². The summed E-state index contributed by atoms with van der Waals surface area (Å²) in [6, 6.07) is 0.504. The van der Waals surface area contributed by atoms with Gasteiger partial charge < -0.3 is 0 Å². The first kappa shape index (κ1) is 15.7. The SMILES string of the molecule is CCCCCCCC(NN)C1SCCSC1C. The van der Waals surface area contributed by atoms with Crippen LogP contribution in [0, 0.1) is 0 Å². The summed E-state index contributed by atoms with van der Waals surface area (Å²) in [5.74, 6) is 8.32. The van der Waals surface area contributed by atoms with E-state index >= 15 is 0 Å². The second-order valence-electron chi connectivity index (χ2n) is 4.89. The third-order valence-electron chi connectivity index (χ3n) is 3.47. The molecule has 0 aromatic heterocycles. The van der Waals surface area contributed by atoms with Gasteiger partial charge in [0.15, 0.2) is 0 Å². The molecule has 1 fully saturated rings. The highest BCUT2D eigenvalue weighted by Gasteiger charge is 2.29. The number of thioether (sulfide) groups is 2. The minimum absolute atomic E-state index is 0.504. The molecule has 2 nitrogen and oxygen atoms in total. The van der Waals surface area contributed by atoms with Crippen molar-refractivity contribution in [3.63, 3.8) is 0 Å². The van der Waals surface area contributed by atoms with E-state index in [1.165, 1.54) is 50.0 Å². The van der Waals surface area contributed by atoms with E-state index in [-0.39, 0.29) is 0 Å². The molecule has 0 radical (unpaired) electrons. The maximum Gasteiger partial charge on any atom is 0.0340 e. The summed E-state index contributed by atoms with van der Waals surface area (Å²) in [7, 11) is 0. The van der Waals surface area contributed by atoms with Gasteiger partial charge in [-0.15, -0.1) is 0 Å². The highest BCUT2D eigenvalue weighted by atomic mass is 32.2. The van der Waals surface area contributed by atoms with Crippen LogP contribution in [0.2, 0.25) is 0 Å². The Morgan fingerprint density at radius 3 is 2.53 bits per heavy atom. The molecule has 3 atom stereocenters. The van der Waals surface area contributed by atoms with E-state index in [1.54, 1.807) is 0 Å². The van der Waals surface area contributed by atoms with Crippen LogP contribution in [0.5, 0.6) is 0 Å². The van der Waals surface area contributed by atoms with E-state index < -0.39 is 0 Å². The molecule has 1 heterocycles. The summed E-state index contributed by atoms with van der Waals surface area (Å²) >= 11 is 4.21. The second kappa shape index (κ2) is 9.54. The number of rotatable bonds is 8. The van der Waals surface area contributed by atoms with Gasteiger partial charge in [0.05, 0.1) is 0 Å². The van der Waals surface area contributed by atoms with Crippen LogP contribution in [0.25, 0.3) is 0 Å². The Morgan fingerprint density at radius 1 is 1.18 bits per heavy atom. The molecule has 17 heavy (non-hydrogen) atoms. The van der Waals surface area contributed by atoms with Gasteiger partial charge in [0, 0.05) is 28.0 Å². The molecule has 0 aromatic rings. The zero-order chi connectivity index (χ0) is 12.5. The second-order valence-corrected chi connectivity index (χ2v) is 7.66. The van der Waals surface area contributed by atoms with Crippen LogP contribution in [0.3, 0.4) is 0 Å². The Morgan fingerprint density at radius 2 is 1.88 bits per heavy atom. The first-order valence-electron chi connectivity index (χ1n) is 6.99. The number of hydrazine groups is 1. The van der Waals surface area contributed by atoms with Crippen molar-refractivity contribution in [2.24, 2.45) is 5.84 Å². The number of nitrogens with two attached hydrogens (primary N) is 1. The fourth-order valence-electron chi connectivity index (χ4n) is 2.40. The zero-order valence-electron chi connectivity index (χ0n) is 11.3. The lowest BCUT2D eigenvalue weighted by Gasteiger charge is -2.34. The predicted molar refractivity (Wildman–Crippen MR) is 82.7 cm³/mol. The maximum atomic E-state index is 5.73. The Hall–Kier alpha value is 0.620. The van der Waals surface area contributed by atoms with Crippen molar-refractivity contribution in [3.8, 4) is 0 Å². The van der Waals surface area contributed by atoms with E-state index in [0.717, 1.165) is 5.25 Å². The maximum absolute atomic E-state index is 5.73. The summed E-state index contributed by atoms with van der Waals surface area (Å²) in [6.45, 7) is 4.62. The molecule has 1 aliphatic rings. The molecule has 1 aliphatic heterocycles. The van der Waals surface area contributed by atoms with Crippen molar-refractivity contribution in [2.45, 2.75) is 68.9 Å². The average Bonchev–Trinajstić information content (AvgIpc) is 2.35. The predicted octanol–water partition coefficient (Wildman–Crippen LogP) is 3.42. The first-order valence-corrected chi connectivity index (χ1v) is 9.08. The molecule has 0 amide bonds. The van der Waals surface area contributed by atoms with Crippen molar-refractivity contribution in [2.75, 3.05) is 11.5 Å². The number of nitrogens with one attached hydrogen (secondary N) is 1. The van der Waals surface area contributed by atoms with Gasteiger partial charge in [0.1, 0.15) is 0 Å². The van der Waals surface area contributed by atoms with Crippen molar-refractivity contribution >= 4 is 23.5 Å². The number of hydrogen-bond donors (Lipinski definition) is 2. The van der Waals surface area contributed by atoms with Gasteiger partial charge in [0.25, 0.3) is 0 Å². The molecule has 3 N–H and O–H groups in total. The molecule has 1 saturated heterocycles. The van der Waals surface area contributed by atoms with Crippen LogP contribution < -0.4 is 11.3 Å². The minimum Gasteiger partial charge on any atom is -0.271 e. The van der Waals surface area contributed by atoms with Crippen molar-refractivity contribution in [3.05, 3.63) is 0 Å². The lowest BCUT2D eigenvalue weighted by molar-refractivity contribution is 0.447. The molecule has 0 aromatic carbocycles. The average molecular weight is 277 g/mol. The monoisotopic (exact) mass is 276 g/mol. The van der Waals surface area contributed by atoms with Gasteiger partial charge in [0.2, 0.25) is 0 Å². The lowest BCUT2D eigenvalue weighted by atomic mass is 10.0. The fraction of sp³-hybridized carbons (Fsp3) is 1.00. The fourth-order valence-corrected chi connectivity index (χ4v) is 5.38. The van der Waals surface area contributed by atoms with Crippen LogP contribution in [0.1, 0.15) is 52.4 Å². The normalized spacial score (nSPS) is 27.0. The zero-order valence-corrected chi connectivity index (χ0v) is 12.9.